The van der Waals surface area contributed by atoms with Gasteiger partial charge in [0, 0.05) is 29.3 Å². The average Bonchev–Trinajstić information content (AvgIpc) is 3.20. The number of aliphatic imine (C=N–C) groups is 1. The molecule has 1 aliphatic rings. The Morgan fingerprint density at radius 2 is 2.04 bits per heavy atom. The van der Waals surface area contributed by atoms with Crippen molar-refractivity contribution < 1.29 is 4.52 Å². The predicted molar refractivity (Wildman–Crippen MR) is 103 cm³/mol. The highest BCUT2D eigenvalue weighted by Crippen LogP contribution is 2.51. The van der Waals surface area contributed by atoms with Gasteiger partial charge in [-0.25, -0.2) is 0 Å². The Labute approximate surface area is 153 Å². The summed E-state index contributed by atoms with van der Waals surface area (Å²) in [5.74, 6) is 1.99. The second-order valence-electron chi connectivity index (χ2n) is 6.75. The molecule has 0 aliphatic heterocycles. The Hall–Kier alpha value is -1.95. The van der Waals surface area contributed by atoms with Gasteiger partial charge in [-0.15, -0.1) is 11.8 Å². The number of aromatic nitrogens is 1. The van der Waals surface area contributed by atoms with Gasteiger partial charge in [-0.05, 0) is 30.9 Å². The molecule has 1 fully saturated rings. The summed E-state index contributed by atoms with van der Waals surface area (Å²) in [5.41, 5.74) is 0.982. The third kappa shape index (κ3) is 5.01. The lowest BCUT2D eigenvalue weighted by Gasteiger charge is -2.18. The Balaban J connectivity index is 1.47. The standard InChI is InChI=1S/C19H26N4OS/c1-14(2)17-11-15(24-23-17)12-21-18(20-3)22-13-19(9-10-19)25-16-7-5-4-6-8-16/h4-8,11,14H,9-10,12-13H2,1-3H3,(H2,20,21,22). The first kappa shape index (κ1) is 17.9. The molecular weight excluding hydrogens is 332 g/mol. The first-order valence-electron chi connectivity index (χ1n) is 8.74. The van der Waals surface area contributed by atoms with E-state index in [-0.39, 0.29) is 4.75 Å². The zero-order valence-electron chi connectivity index (χ0n) is 15.1. The van der Waals surface area contributed by atoms with Crippen molar-refractivity contribution in [2.24, 2.45) is 4.99 Å². The molecule has 1 heterocycles. The lowest BCUT2D eigenvalue weighted by molar-refractivity contribution is 0.372. The van der Waals surface area contributed by atoms with Crippen LogP contribution in [0.25, 0.3) is 0 Å². The summed E-state index contributed by atoms with van der Waals surface area (Å²) in [4.78, 5) is 5.63. The minimum absolute atomic E-state index is 0.288. The Morgan fingerprint density at radius 3 is 2.64 bits per heavy atom. The minimum atomic E-state index is 0.288. The quantitative estimate of drug-likeness (QED) is 0.582. The van der Waals surface area contributed by atoms with Crippen LogP contribution in [0.3, 0.4) is 0 Å². The van der Waals surface area contributed by atoms with Crippen LogP contribution in [0, 0.1) is 0 Å². The molecule has 3 rings (SSSR count). The summed E-state index contributed by atoms with van der Waals surface area (Å²) in [6.07, 6.45) is 2.47. The SMILES string of the molecule is CN=C(NCc1cc(C(C)C)no1)NCC1(Sc2ccccc2)CC1. The molecular formula is C19H26N4OS. The van der Waals surface area contributed by atoms with E-state index in [9.17, 15) is 0 Å². The molecule has 0 amide bonds. The maximum absolute atomic E-state index is 5.36. The van der Waals surface area contributed by atoms with E-state index in [2.05, 4.69) is 65.0 Å². The van der Waals surface area contributed by atoms with Crippen molar-refractivity contribution in [2.75, 3.05) is 13.6 Å². The number of thioether (sulfide) groups is 1. The molecule has 0 bridgehead atoms. The zero-order chi connectivity index (χ0) is 17.7. The molecule has 0 radical (unpaired) electrons. The van der Waals surface area contributed by atoms with E-state index in [1.165, 1.54) is 17.7 Å². The number of benzene rings is 1. The van der Waals surface area contributed by atoms with Gasteiger partial charge in [-0.1, -0.05) is 37.2 Å². The molecule has 1 aromatic heterocycles. The molecule has 1 aliphatic carbocycles. The molecule has 5 nitrogen and oxygen atoms in total. The molecule has 1 aromatic carbocycles. The minimum Gasteiger partial charge on any atom is -0.359 e. The van der Waals surface area contributed by atoms with Crippen LogP contribution < -0.4 is 10.6 Å². The van der Waals surface area contributed by atoms with Gasteiger partial charge in [0.2, 0.25) is 0 Å². The third-order valence-corrected chi connectivity index (χ3v) is 5.78. The normalized spacial score (nSPS) is 16.1. The van der Waals surface area contributed by atoms with Crippen molar-refractivity contribution >= 4 is 17.7 Å². The fraction of sp³-hybridized carbons (Fsp3) is 0.474. The molecule has 0 unspecified atom stereocenters. The summed E-state index contributed by atoms with van der Waals surface area (Å²) >= 11 is 1.96. The lowest BCUT2D eigenvalue weighted by Crippen LogP contribution is -2.40. The first-order chi connectivity index (χ1) is 12.1. The fourth-order valence-corrected chi connectivity index (χ4v) is 3.76. The van der Waals surface area contributed by atoms with Crippen LogP contribution in [0.4, 0.5) is 0 Å². The molecule has 2 N–H and O–H groups in total. The van der Waals surface area contributed by atoms with E-state index in [1.807, 2.05) is 17.8 Å². The van der Waals surface area contributed by atoms with Gasteiger partial charge in [-0.3, -0.25) is 4.99 Å². The molecule has 6 heteroatoms. The van der Waals surface area contributed by atoms with Crippen molar-refractivity contribution in [1.82, 2.24) is 15.8 Å². The molecule has 0 atom stereocenters. The van der Waals surface area contributed by atoms with E-state index in [0.29, 0.717) is 12.5 Å². The molecule has 134 valence electrons. The van der Waals surface area contributed by atoms with Crippen LogP contribution in [-0.4, -0.2) is 29.5 Å². The number of guanidine groups is 1. The molecule has 0 spiro atoms. The highest BCUT2D eigenvalue weighted by Gasteiger charge is 2.43. The van der Waals surface area contributed by atoms with Crippen LogP contribution in [0.15, 0.2) is 50.8 Å². The van der Waals surface area contributed by atoms with E-state index in [0.717, 1.165) is 24.0 Å². The van der Waals surface area contributed by atoms with Crippen molar-refractivity contribution in [2.45, 2.75) is 48.8 Å². The predicted octanol–water partition coefficient (Wildman–Crippen LogP) is 3.79. The first-order valence-corrected chi connectivity index (χ1v) is 9.56. The van der Waals surface area contributed by atoms with Gasteiger partial charge < -0.3 is 15.2 Å². The highest BCUT2D eigenvalue weighted by atomic mass is 32.2. The number of hydrogen-bond donors (Lipinski definition) is 2. The van der Waals surface area contributed by atoms with Crippen molar-refractivity contribution in [3.63, 3.8) is 0 Å². The Morgan fingerprint density at radius 1 is 1.28 bits per heavy atom. The maximum Gasteiger partial charge on any atom is 0.191 e. The van der Waals surface area contributed by atoms with E-state index in [4.69, 9.17) is 4.52 Å². The smallest absolute Gasteiger partial charge is 0.191 e. The maximum atomic E-state index is 5.36. The monoisotopic (exact) mass is 358 g/mol. The van der Waals surface area contributed by atoms with Crippen LogP contribution in [0.2, 0.25) is 0 Å². The summed E-state index contributed by atoms with van der Waals surface area (Å²) in [6, 6.07) is 12.6. The topological polar surface area (TPSA) is 62.5 Å². The molecule has 1 saturated carbocycles. The summed E-state index contributed by atoms with van der Waals surface area (Å²) < 4.78 is 5.65. The van der Waals surface area contributed by atoms with Gasteiger partial charge >= 0.3 is 0 Å². The number of hydrogen-bond acceptors (Lipinski definition) is 4. The van der Waals surface area contributed by atoms with Gasteiger partial charge in [0.15, 0.2) is 11.7 Å². The van der Waals surface area contributed by atoms with Crippen molar-refractivity contribution in [1.29, 1.82) is 0 Å². The average molecular weight is 359 g/mol. The number of nitrogens with one attached hydrogen (secondary N) is 2. The van der Waals surface area contributed by atoms with Crippen molar-refractivity contribution in [3.8, 4) is 0 Å². The van der Waals surface area contributed by atoms with Crippen LogP contribution in [0.1, 0.15) is 44.1 Å². The molecule has 2 aromatic rings. The van der Waals surface area contributed by atoms with Gasteiger partial charge in [0.25, 0.3) is 0 Å². The van der Waals surface area contributed by atoms with Crippen LogP contribution >= 0.6 is 11.8 Å². The van der Waals surface area contributed by atoms with Crippen LogP contribution in [-0.2, 0) is 6.54 Å². The van der Waals surface area contributed by atoms with Crippen molar-refractivity contribution in [3.05, 3.63) is 47.9 Å². The Bertz CT molecular complexity index is 707. The molecule has 25 heavy (non-hydrogen) atoms. The van der Waals surface area contributed by atoms with E-state index >= 15 is 0 Å². The summed E-state index contributed by atoms with van der Waals surface area (Å²) in [5, 5.41) is 10.8. The zero-order valence-corrected chi connectivity index (χ0v) is 15.9. The number of nitrogens with zero attached hydrogens (tertiary/aromatic N) is 2. The largest absolute Gasteiger partial charge is 0.359 e. The fourth-order valence-electron chi connectivity index (χ4n) is 2.51. The van der Waals surface area contributed by atoms with Gasteiger partial charge in [0.05, 0.1) is 12.2 Å². The van der Waals surface area contributed by atoms with E-state index in [1.54, 1.807) is 7.05 Å². The molecule has 0 saturated heterocycles. The van der Waals surface area contributed by atoms with Gasteiger partial charge in [-0.2, -0.15) is 0 Å². The highest BCUT2D eigenvalue weighted by molar-refractivity contribution is 8.01. The lowest BCUT2D eigenvalue weighted by atomic mass is 10.1. The third-order valence-electron chi connectivity index (χ3n) is 4.29. The van der Waals surface area contributed by atoms with E-state index < -0.39 is 0 Å². The summed E-state index contributed by atoms with van der Waals surface area (Å²) in [7, 11) is 1.79. The second-order valence-corrected chi connectivity index (χ2v) is 8.29. The van der Waals surface area contributed by atoms with Crippen LogP contribution in [0.5, 0.6) is 0 Å². The van der Waals surface area contributed by atoms with Gasteiger partial charge in [0.1, 0.15) is 0 Å². The summed E-state index contributed by atoms with van der Waals surface area (Å²) in [6.45, 7) is 5.70. The second kappa shape index (κ2) is 7.95. The number of rotatable bonds is 7. The Kier molecular flexibility index (Phi) is 5.68.